The molecule has 0 saturated heterocycles. The highest BCUT2D eigenvalue weighted by molar-refractivity contribution is 7.92. The number of carbonyl (C=O) groups excluding carboxylic acids is 2. The molecule has 0 aliphatic rings. The summed E-state index contributed by atoms with van der Waals surface area (Å²) < 4.78 is 35.5. The quantitative estimate of drug-likeness (QED) is 0.730. The number of amides is 2. The van der Waals surface area contributed by atoms with Gasteiger partial charge in [-0.2, -0.15) is 4.98 Å². The molecule has 0 aliphatic heterocycles. The van der Waals surface area contributed by atoms with Crippen molar-refractivity contribution in [1.82, 2.24) is 14.7 Å². The van der Waals surface area contributed by atoms with E-state index >= 15 is 0 Å². The SMILES string of the molecule is COC(=O)c1ccsc1S(=O)(=O)NC(=O)Nc1ncc(C)c(OC)n1. The molecule has 0 atom stereocenters. The van der Waals surface area contributed by atoms with Crippen molar-refractivity contribution in [2.75, 3.05) is 19.5 Å². The second kappa shape index (κ2) is 7.44. The molecule has 134 valence electrons. The molecule has 0 spiro atoms. The van der Waals surface area contributed by atoms with Gasteiger partial charge in [-0.1, -0.05) is 0 Å². The van der Waals surface area contributed by atoms with Crippen LogP contribution in [0.25, 0.3) is 0 Å². The van der Waals surface area contributed by atoms with E-state index in [1.165, 1.54) is 24.8 Å². The Labute approximate surface area is 147 Å². The highest BCUT2D eigenvalue weighted by Gasteiger charge is 2.27. The Kier molecular flexibility index (Phi) is 5.54. The molecule has 0 saturated carbocycles. The molecule has 2 heterocycles. The molecule has 2 aromatic heterocycles. The number of nitrogens with zero attached hydrogens (tertiary/aromatic N) is 2. The van der Waals surface area contributed by atoms with Crippen molar-refractivity contribution in [3.63, 3.8) is 0 Å². The Morgan fingerprint density at radius 1 is 1.28 bits per heavy atom. The molecule has 0 aliphatic carbocycles. The van der Waals surface area contributed by atoms with Crippen LogP contribution in [-0.4, -0.2) is 44.6 Å². The lowest BCUT2D eigenvalue weighted by Crippen LogP contribution is -2.35. The minimum absolute atomic E-state index is 0.144. The van der Waals surface area contributed by atoms with Crippen molar-refractivity contribution < 1.29 is 27.5 Å². The number of thiophene rings is 1. The van der Waals surface area contributed by atoms with E-state index in [9.17, 15) is 18.0 Å². The third kappa shape index (κ3) is 4.22. The number of methoxy groups -OCH3 is 2. The van der Waals surface area contributed by atoms with E-state index in [1.807, 2.05) is 0 Å². The smallest absolute Gasteiger partial charge is 0.340 e. The number of anilines is 1. The van der Waals surface area contributed by atoms with Crippen LogP contribution in [0, 0.1) is 6.92 Å². The average molecular weight is 386 g/mol. The molecule has 0 fully saturated rings. The lowest BCUT2D eigenvalue weighted by Gasteiger charge is -2.09. The summed E-state index contributed by atoms with van der Waals surface area (Å²) in [6.07, 6.45) is 1.41. The molecular formula is C13H14N4O6S2. The van der Waals surface area contributed by atoms with Crippen molar-refractivity contribution in [1.29, 1.82) is 0 Å². The van der Waals surface area contributed by atoms with Crippen LogP contribution in [0.4, 0.5) is 10.7 Å². The van der Waals surface area contributed by atoms with E-state index in [1.54, 1.807) is 11.6 Å². The third-order valence-electron chi connectivity index (χ3n) is 2.85. The van der Waals surface area contributed by atoms with Gasteiger partial charge in [0.15, 0.2) is 4.21 Å². The maximum absolute atomic E-state index is 12.3. The fourth-order valence-electron chi connectivity index (χ4n) is 1.75. The zero-order valence-electron chi connectivity index (χ0n) is 13.4. The number of esters is 1. The number of rotatable bonds is 5. The maximum atomic E-state index is 12.3. The van der Waals surface area contributed by atoms with Gasteiger partial charge in [0, 0.05) is 11.8 Å². The molecule has 10 nitrogen and oxygen atoms in total. The predicted octanol–water partition coefficient (Wildman–Crippen LogP) is 1.15. The Hall–Kier alpha value is -2.73. The van der Waals surface area contributed by atoms with E-state index in [0.29, 0.717) is 5.56 Å². The molecule has 2 N–H and O–H groups in total. The topological polar surface area (TPSA) is 137 Å². The monoisotopic (exact) mass is 386 g/mol. The normalized spacial score (nSPS) is 10.8. The van der Waals surface area contributed by atoms with Gasteiger partial charge in [0.05, 0.1) is 19.8 Å². The predicted molar refractivity (Wildman–Crippen MR) is 88.3 cm³/mol. The highest BCUT2D eigenvalue weighted by Crippen LogP contribution is 2.23. The molecule has 2 rings (SSSR count). The van der Waals surface area contributed by atoms with Gasteiger partial charge in [0.25, 0.3) is 10.0 Å². The maximum Gasteiger partial charge on any atom is 0.340 e. The van der Waals surface area contributed by atoms with Crippen LogP contribution in [0.5, 0.6) is 5.88 Å². The third-order valence-corrected chi connectivity index (χ3v) is 5.67. The number of sulfonamides is 1. The van der Waals surface area contributed by atoms with E-state index < -0.39 is 22.0 Å². The second-order valence-corrected chi connectivity index (χ2v) is 7.35. The van der Waals surface area contributed by atoms with Crippen LogP contribution in [0.1, 0.15) is 15.9 Å². The van der Waals surface area contributed by atoms with Gasteiger partial charge in [0.1, 0.15) is 0 Å². The summed E-state index contributed by atoms with van der Waals surface area (Å²) in [5, 5.41) is 3.58. The van der Waals surface area contributed by atoms with E-state index in [4.69, 9.17) is 4.74 Å². The first-order valence-corrected chi connectivity index (χ1v) is 9.02. The molecule has 0 unspecified atom stereocenters. The number of nitrogens with one attached hydrogen (secondary N) is 2. The minimum atomic E-state index is -4.28. The summed E-state index contributed by atoms with van der Waals surface area (Å²) in [4.78, 5) is 31.3. The molecule has 2 amide bonds. The summed E-state index contributed by atoms with van der Waals surface area (Å²) in [5.41, 5.74) is 0.475. The van der Waals surface area contributed by atoms with Crippen LogP contribution < -0.4 is 14.8 Å². The summed E-state index contributed by atoms with van der Waals surface area (Å²) in [6.45, 7) is 1.71. The Bertz CT molecular complexity index is 909. The largest absolute Gasteiger partial charge is 0.481 e. The number of hydrogen-bond donors (Lipinski definition) is 2. The second-order valence-electron chi connectivity index (χ2n) is 4.56. The number of aromatic nitrogens is 2. The van der Waals surface area contributed by atoms with Gasteiger partial charge in [0.2, 0.25) is 11.8 Å². The van der Waals surface area contributed by atoms with Crippen LogP contribution in [0.15, 0.2) is 21.9 Å². The highest BCUT2D eigenvalue weighted by atomic mass is 32.2. The molecule has 0 radical (unpaired) electrons. The van der Waals surface area contributed by atoms with Crippen molar-refractivity contribution >= 4 is 39.3 Å². The van der Waals surface area contributed by atoms with Crippen LogP contribution in [0.3, 0.4) is 0 Å². The number of urea groups is 1. The zero-order valence-corrected chi connectivity index (χ0v) is 15.0. The van der Waals surface area contributed by atoms with Gasteiger partial charge >= 0.3 is 12.0 Å². The molecule has 12 heteroatoms. The summed E-state index contributed by atoms with van der Waals surface area (Å²) >= 11 is 0.774. The van der Waals surface area contributed by atoms with Crippen molar-refractivity contribution in [3.8, 4) is 5.88 Å². The summed E-state index contributed by atoms with van der Waals surface area (Å²) in [7, 11) is -1.76. The van der Waals surface area contributed by atoms with Crippen LogP contribution in [0.2, 0.25) is 0 Å². The number of aryl methyl sites for hydroxylation is 1. The fourth-order valence-corrected chi connectivity index (χ4v) is 3.99. The van der Waals surface area contributed by atoms with Crippen LogP contribution in [-0.2, 0) is 14.8 Å². The zero-order chi connectivity index (χ0) is 18.6. The number of hydrogen-bond acceptors (Lipinski definition) is 9. The Morgan fingerprint density at radius 3 is 2.64 bits per heavy atom. The first kappa shape index (κ1) is 18.6. The summed E-state index contributed by atoms with van der Waals surface area (Å²) in [6, 6.07) is 0.201. The number of ether oxygens (including phenoxy) is 2. The minimum Gasteiger partial charge on any atom is -0.481 e. The molecular weight excluding hydrogens is 372 g/mol. The first-order valence-electron chi connectivity index (χ1n) is 6.65. The van der Waals surface area contributed by atoms with Gasteiger partial charge in [-0.05, 0) is 18.4 Å². The standard InChI is InChI=1S/C13H14N4O6S2/c1-7-6-14-12(15-9(7)22-2)16-13(19)17-25(20,21)11-8(4-5-24-11)10(18)23-3/h4-6H,1-3H3,(H2,14,15,16,17,19). The van der Waals surface area contributed by atoms with Crippen molar-refractivity contribution in [2.45, 2.75) is 11.1 Å². The molecule has 0 aromatic carbocycles. The molecule has 0 bridgehead atoms. The van der Waals surface area contributed by atoms with Gasteiger partial charge in [-0.15, -0.1) is 11.3 Å². The van der Waals surface area contributed by atoms with E-state index in [2.05, 4.69) is 20.0 Å². The number of carbonyl (C=O) groups is 2. The van der Waals surface area contributed by atoms with Gasteiger partial charge < -0.3 is 9.47 Å². The van der Waals surface area contributed by atoms with E-state index in [0.717, 1.165) is 18.4 Å². The van der Waals surface area contributed by atoms with E-state index in [-0.39, 0.29) is 21.6 Å². The Balaban J connectivity index is 2.17. The lowest BCUT2D eigenvalue weighted by molar-refractivity contribution is 0.0597. The Morgan fingerprint density at radius 2 is 2.00 bits per heavy atom. The summed E-state index contributed by atoms with van der Waals surface area (Å²) in [5.74, 6) is -0.734. The molecule has 25 heavy (non-hydrogen) atoms. The van der Waals surface area contributed by atoms with Crippen molar-refractivity contribution in [2.24, 2.45) is 0 Å². The fraction of sp³-hybridized carbons (Fsp3) is 0.231. The van der Waals surface area contributed by atoms with Gasteiger partial charge in [-0.25, -0.2) is 27.7 Å². The van der Waals surface area contributed by atoms with Crippen molar-refractivity contribution in [3.05, 3.63) is 28.8 Å². The lowest BCUT2D eigenvalue weighted by atomic mass is 10.3. The first-order chi connectivity index (χ1) is 11.8. The average Bonchev–Trinajstić information content (AvgIpc) is 3.06. The molecule has 2 aromatic rings. The van der Waals surface area contributed by atoms with Gasteiger partial charge in [-0.3, -0.25) is 5.32 Å². The van der Waals surface area contributed by atoms with Crippen LogP contribution >= 0.6 is 11.3 Å².